The first-order chi connectivity index (χ1) is 9.55. The van der Waals surface area contributed by atoms with Crippen LogP contribution in [-0.2, 0) is 5.54 Å². The zero-order valence-electron chi connectivity index (χ0n) is 10.9. The van der Waals surface area contributed by atoms with E-state index < -0.39 is 11.4 Å². The predicted molar refractivity (Wildman–Crippen MR) is 75.4 cm³/mol. The average molecular weight is 292 g/mol. The predicted octanol–water partition coefficient (Wildman–Crippen LogP) is 1.77. The molecule has 0 spiro atoms. The van der Waals surface area contributed by atoms with Crippen LogP contribution in [0.3, 0.4) is 0 Å². The fourth-order valence-electron chi connectivity index (χ4n) is 1.76. The Kier molecular flexibility index (Phi) is 4.32. The highest BCUT2D eigenvalue weighted by Crippen LogP contribution is 2.20. The highest BCUT2D eigenvalue weighted by molar-refractivity contribution is 6.29. The molecule has 1 unspecified atom stereocenters. The van der Waals surface area contributed by atoms with Crippen molar-refractivity contribution in [3.8, 4) is 0 Å². The van der Waals surface area contributed by atoms with Gasteiger partial charge in [-0.2, -0.15) is 0 Å². The first-order valence-corrected chi connectivity index (χ1v) is 6.41. The molecular weight excluding hydrogens is 278 g/mol. The molecule has 104 valence electrons. The molecular formula is C14H14ClN3O2. The number of nitrogens with one attached hydrogen (secondary N) is 1. The molecule has 1 amide bonds. The number of nitrogens with zero attached hydrogens (tertiary/aromatic N) is 2. The molecule has 0 aliphatic heterocycles. The fraction of sp³-hybridized carbons (Fsp3) is 0.214. The maximum atomic E-state index is 12.1. The molecule has 1 atom stereocenters. The number of amides is 1. The Balaban J connectivity index is 2.22. The third-order valence-corrected chi connectivity index (χ3v) is 3.18. The van der Waals surface area contributed by atoms with Crippen molar-refractivity contribution < 1.29 is 9.90 Å². The first-order valence-electron chi connectivity index (χ1n) is 6.03. The van der Waals surface area contributed by atoms with Crippen molar-refractivity contribution in [2.45, 2.75) is 12.5 Å². The molecule has 2 N–H and O–H groups in total. The van der Waals surface area contributed by atoms with Crippen LogP contribution in [0.5, 0.6) is 0 Å². The van der Waals surface area contributed by atoms with Crippen LogP contribution < -0.4 is 5.32 Å². The van der Waals surface area contributed by atoms with E-state index in [4.69, 9.17) is 11.6 Å². The van der Waals surface area contributed by atoms with Crippen molar-refractivity contribution in [1.29, 1.82) is 0 Å². The molecule has 5 nitrogen and oxygen atoms in total. The number of aliphatic hydroxyl groups is 1. The molecule has 0 aliphatic carbocycles. The number of hydrogen-bond donors (Lipinski definition) is 2. The highest BCUT2D eigenvalue weighted by Gasteiger charge is 2.28. The topological polar surface area (TPSA) is 75.1 Å². The molecule has 0 saturated carbocycles. The minimum atomic E-state index is -0.889. The van der Waals surface area contributed by atoms with E-state index in [1.807, 2.05) is 30.3 Å². The highest BCUT2D eigenvalue weighted by atomic mass is 35.5. The van der Waals surface area contributed by atoms with Gasteiger partial charge < -0.3 is 10.4 Å². The Morgan fingerprint density at radius 2 is 1.95 bits per heavy atom. The first kappa shape index (κ1) is 14.4. The van der Waals surface area contributed by atoms with E-state index in [1.165, 1.54) is 12.1 Å². The van der Waals surface area contributed by atoms with Gasteiger partial charge in [0.25, 0.3) is 5.91 Å². The second-order valence-electron chi connectivity index (χ2n) is 4.55. The zero-order chi connectivity index (χ0) is 14.6. The van der Waals surface area contributed by atoms with Gasteiger partial charge >= 0.3 is 0 Å². The monoisotopic (exact) mass is 291 g/mol. The summed E-state index contributed by atoms with van der Waals surface area (Å²) in [5.41, 5.74) is 0.0578. The summed E-state index contributed by atoms with van der Waals surface area (Å²) in [5, 5.41) is 19.9. The van der Waals surface area contributed by atoms with E-state index in [9.17, 15) is 9.90 Å². The fourth-order valence-corrected chi connectivity index (χ4v) is 1.86. The van der Waals surface area contributed by atoms with Gasteiger partial charge in [-0.05, 0) is 24.6 Å². The third-order valence-electron chi connectivity index (χ3n) is 2.98. The van der Waals surface area contributed by atoms with Crippen molar-refractivity contribution in [2.75, 3.05) is 6.61 Å². The summed E-state index contributed by atoms with van der Waals surface area (Å²) in [6.45, 7) is 1.51. The molecule has 2 aromatic rings. The quantitative estimate of drug-likeness (QED) is 0.900. The van der Waals surface area contributed by atoms with Crippen LogP contribution in [0, 0.1) is 0 Å². The van der Waals surface area contributed by atoms with Crippen LogP contribution in [0.4, 0.5) is 0 Å². The van der Waals surface area contributed by atoms with Crippen LogP contribution in [-0.4, -0.2) is 27.8 Å². The number of aliphatic hydroxyl groups excluding tert-OH is 1. The number of halogens is 1. The van der Waals surface area contributed by atoms with E-state index in [0.717, 1.165) is 5.56 Å². The molecule has 20 heavy (non-hydrogen) atoms. The Labute approximate surface area is 121 Å². The largest absolute Gasteiger partial charge is 0.394 e. The Morgan fingerprint density at radius 3 is 2.50 bits per heavy atom. The lowest BCUT2D eigenvalue weighted by Gasteiger charge is -2.29. The van der Waals surface area contributed by atoms with Gasteiger partial charge in [0.05, 0.1) is 12.1 Å². The van der Waals surface area contributed by atoms with Gasteiger partial charge in [0.1, 0.15) is 0 Å². The molecule has 1 heterocycles. The average Bonchev–Trinajstić information content (AvgIpc) is 2.48. The smallest absolute Gasteiger partial charge is 0.272 e. The Bertz CT molecular complexity index is 589. The summed E-state index contributed by atoms with van der Waals surface area (Å²) < 4.78 is 0. The van der Waals surface area contributed by atoms with Gasteiger partial charge in [0.2, 0.25) is 0 Å². The molecule has 0 bridgehead atoms. The molecule has 6 heteroatoms. The summed E-state index contributed by atoms with van der Waals surface area (Å²) in [6.07, 6.45) is 0. The number of carbonyl (C=O) groups excluding carboxylic acids is 1. The lowest BCUT2D eigenvalue weighted by Crippen LogP contribution is -2.46. The summed E-state index contributed by atoms with van der Waals surface area (Å²) in [5.74, 6) is -0.422. The minimum absolute atomic E-state index is 0.144. The van der Waals surface area contributed by atoms with Crippen molar-refractivity contribution in [3.05, 3.63) is 58.9 Å². The van der Waals surface area contributed by atoms with E-state index in [1.54, 1.807) is 6.92 Å². The van der Waals surface area contributed by atoms with Crippen molar-refractivity contribution in [1.82, 2.24) is 15.5 Å². The molecule has 1 aromatic carbocycles. The lowest BCUT2D eigenvalue weighted by molar-refractivity contribution is 0.0843. The van der Waals surface area contributed by atoms with Gasteiger partial charge in [-0.25, -0.2) is 0 Å². The van der Waals surface area contributed by atoms with Gasteiger partial charge in [0.15, 0.2) is 10.8 Å². The van der Waals surface area contributed by atoms with Crippen LogP contribution in [0.1, 0.15) is 23.0 Å². The maximum absolute atomic E-state index is 12.1. The summed E-state index contributed by atoms with van der Waals surface area (Å²) in [7, 11) is 0. The van der Waals surface area contributed by atoms with Crippen molar-refractivity contribution >= 4 is 17.5 Å². The number of hydrogen-bond acceptors (Lipinski definition) is 4. The van der Waals surface area contributed by atoms with E-state index in [0.29, 0.717) is 0 Å². The van der Waals surface area contributed by atoms with Crippen molar-refractivity contribution in [2.24, 2.45) is 0 Å². The molecule has 0 saturated heterocycles. The van der Waals surface area contributed by atoms with Gasteiger partial charge in [-0.1, -0.05) is 41.9 Å². The molecule has 0 aliphatic rings. The standard InChI is InChI=1S/C14H14ClN3O2/c1-14(9-19,10-5-3-2-4-6-10)16-13(20)11-7-8-12(15)18-17-11/h2-8,19H,9H2,1H3,(H,16,20). The van der Waals surface area contributed by atoms with Gasteiger partial charge in [-0.3, -0.25) is 4.79 Å². The van der Waals surface area contributed by atoms with Crippen LogP contribution in [0.25, 0.3) is 0 Å². The van der Waals surface area contributed by atoms with E-state index in [2.05, 4.69) is 15.5 Å². The minimum Gasteiger partial charge on any atom is -0.394 e. The molecule has 1 aromatic heterocycles. The molecule has 2 rings (SSSR count). The van der Waals surface area contributed by atoms with Gasteiger partial charge in [0, 0.05) is 0 Å². The number of rotatable bonds is 4. The zero-order valence-corrected chi connectivity index (χ0v) is 11.6. The van der Waals surface area contributed by atoms with E-state index in [-0.39, 0.29) is 17.5 Å². The molecule has 0 radical (unpaired) electrons. The summed E-state index contributed by atoms with van der Waals surface area (Å²) in [4.78, 5) is 12.1. The number of carbonyl (C=O) groups is 1. The van der Waals surface area contributed by atoms with Crippen molar-refractivity contribution in [3.63, 3.8) is 0 Å². The summed E-state index contributed by atoms with van der Waals surface area (Å²) >= 11 is 5.63. The second kappa shape index (κ2) is 5.98. The number of benzene rings is 1. The lowest BCUT2D eigenvalue weighted by atomic mass is 9.93. The Hall–Kier alpha value is -1.98. The third kappa shape index (κ3) is 3.12. The van der Waals surface area contributed by atoms with Crippen LogP contribution >= 0.6 is 11.6 Å². The van der Waals surface area contributed by atoms with Crippen LogP contribution in [0.2, 0.25) is 5.15 Å². The van der Waals surface area contributed by atoms with Gasteiger partial charge in [-0.15, -0.1) is 10.2 Å². The van der Waals surface area contributed by atoms with Crippen LogP contribution in [0.15, 0.2) is 42.5 Å². The van der Waals surface area contributed by atoms with E-state index >= 15 is 0 Å². The maximum Gasteiger partial charge on any atom is 0.272 e. The second-order valence-corrected chi connectivity index (χ2v) is 4.94. The Morgan fingerprint density at radius 1 is 1.25 bits per heavy atom. The number of aromatic nitrogens is 2. The SMILES string of the molecule is CC(CO)(NC(=O)c1ccc(Cl)nn1)c1ccccc1. The normalized spacial score (nSPS) is 13.6. The molecule has 0 fully saturated rings. The summed E-state index contributed by atoms with van der Waals surface area (Å²) in [6, 6.07) is 12.2.